The third-order valence-corrected chi connectivity index (χ3v) is 7.02. The van der Waals surface area contributed by atoms with Gasteiger partial charge in [-0.15, -0.1) is 0 Å². The number of hydrogen-bond donors (Lipinski definition) is 0. The van der Waals surface area contributed by atoms with Crippen LogP contribution in [-0.4, -0.2) is 34.1 Å². The SMILES string of the molecule is CC1CCN(C(=O)c2cccc(CSC3CC(C)CC(C)C3)n2)CC1. The zero-order valence-corrected chi connectivity index (χ0v) is 16.7. The molecule has 138 valence electrons. The molecule has 25 heavy (non-hydrogen) atoms. The van der Waals surface area contributed by atoms with Gasteiger partial charge in [0.05, 0.1) is 5.69 Å². The van der Waals surface area contributed by atoms with Crippen LogP contribution in [0.25, 0.3) is 0 Å². The maximum absolute atomic E-state index is 12.7. The summed E-state index contributed by atoms with van der Waals surface area (Å²) in [7, 11) is 0. The second-order valence-electron chi connectivity index (χ2n) is 8.34. The van der Waals surface area contributed by atoms with E-state index in [1.54, 1.807) is 0 Å². The number of pyridine rings is 1. The number of carbonyl (C=O) groups excluding carboxylic acids is 1. The van der Waals surface area contributed by atoms with E-state index in [4.69, 9.17) is 0 Å². The molecule has 2 unspecified atom stereocenters. The Morgan fingerprint density at radius 1 is 1.08 bits per heavy atom. The summed E-state index contributed by atoms with van der Waals surface area (Å²) < 4.78 is 0. The summed E-state index contributed by atoms with van der Waals surface area (Å²) >= 11 is 2.03. The topological polar surface area (TPSA) is 33.2 Å². The van der Waals surface area contributed by atoms with Crippen molar-refractivity contribution in [2.45, 2.75) is 63.9 Å². The number of aromatic nitrogens is 1. The minimum Gasteiger partial charge on any atom is -0.337 e. The number of hydrogen-bond acceptors (Lipinski definition) is 3. The molecule has 0 radical (unpaired) electrons. The van der Waals surface area contributed by atoms with E-state index >= 15 is 0 Å². The molecule has 0 N–H and O–H groups in total. The van der Waals surface area contributed by atoms with Crippen LogP contribution in [0.2, 0.25) is 0 Å². The highest BCUT2D eigenvalue weighted by Crippen LogP contribution is 2.36. The minimum absolute atomic E-state index is 0.110. The van der Waals surface area contributed by atoms with Crippen molar-refractivity contribution in [2.75, 3.05) is 13.1 Å². The molecule has 3 rings (SSSR count). The lowest BCUT2D eigenvalue weighted by Gasteiger charge is -2.31. The predicted molar refractivity (Wildman–Crippen MR) is 106 cm³/mol. The Labute approximate surface area is 157 Å². The Morgan fingerprint density at radius 2 is 1.76 bits per heavy atom. The van der Waals surface area contributed by atoms with Crippen LogP contribution in [0.1, 0.15) is 69.1 Å². The molecule has 1 saturated heterocycles. The van der Waals surface area contributed by atoms with Crippen LogP contribution in [0.15, 0.2) is 18.2 Å². The van der Waals surface area contributed by atoms with E-state index in [1.807, 2.05) is 28.8 Å². The molecule has 1 aromatic rings. The van der Waals surface area contributed by atoms with E-state index < -0.39 is 0 Å². The lowest BCUT2D eigenvalue weighted by Crippen LogP contribution is -2.38. The largest absolute Gasteiger partial charge is 0.337 e. The van der Waals surface area contributed by atoms with E-state index in [9.17, 15) is 4.79 Å². The summed E-state index contributed by atoms with van der Waals surface area (Å²) in [5.74, 6) is 3.44. The number of rotatable bonds is 4. The van der Waals surface area contributed by atoms with Crippen molar-refractivity contribution in [1.82, 2.24) is 9.88 Å². The number of piperidine rings is 1. The molecule has 3 nitrogen and oxygen atoms in total. The first-order valence-corrected chi connectivity index (χ1v) is 10.9. The van der Waals surface area contributed by atoms with Crippen LogP contribution in [0.4, 0.5) is 0 Å². The highest BCUT2D eigenvalue weighted by molar-refractivity contribution is 7.99. The molecular weight excluding hydrogens is 328 g/mol. The molecule has 1 amide bonds. The molecule has 4 heteroatoms. The van der Waals surface area contributed by atoms with Crippen molar-refractivity contribution in [3.8, 4) is 0 Å². The summed E-state index contributed by atoms with van der Waals surface area (Å²) in [6.45, 7) is 8.77. The van der Waals surface area contributed by atoms with Gasteiger partial charge in [0.2, 0.25) is 0 Å². The molecule has 2 aliphatic rings. The van der Waals surface area contributed by atoms with Crippen molar-refractivity contribution >= 4 is 17.7 Å². The molecule has 1 aliphatic heterocycles. The van der Waals surface area contributed by atoms with E-state index in [0.717, 1.165) is 60.4 Å². The zero-order chi connectivity index (χ0) is 17.8. The van der Waals surface area contributed by atoms with Crippen LogP contribution < -0.4 is 0 Å². The average Bonchev–Trinajstić information content (AvgIpc) is 2.59. The van der Waals surface area contributed by atoms with Gasteiger partial charge >= 0.3 is 0 Å². The van der Waals surface area contributed by atoms with E-state index in [2.05, 4.69) is 31.8 Å². The fourth-order valence-corrected chi connectivity index (χ4v) is 5.76. The molecule has 0 bridgehead atoms. The van der Waals surface area contributed by atoms with Crippen molar-refractivity contribution < 1.29 is 4.79 Å². The summed E-state index contributed by atoms with van der Waals surface area (Å²) in [6.07, 6.45) is 6.23. The zero-order valence-electron chi connectivity index (χ0n) is 15.9. The fraction of sp³-hybridized carbons (Fsp3) is 0.714. The minimum atomic E-state index is 0.110. The quantitative estimate of drug-likeness (QED) is 0.756. The maximum Gasteiger partial charge on any atom is 0.272 e. The van der Waals surface area contributed by atoms with Gasteiger partial charge in [0.15, 0.2) is 0 Å². The molecule has 2 atom stereocenters. The summed E-state index contributed by atoms with van der Waals surface area (Å²) in [5.41, 5.74) is 1.67. The van der Waals surface area contributed by atoms with Crippen molar-refractivity contribution in [3.05, 3.63) is 29.6 Å². The van der Waals surface area contributed by atoms with Gasteiger partial charge < -0.3 is 4.90 Å². The molecule has 2 fully saturated rings. The number of likely N-dealkylation sites (tertiary alicyclic amines) is 1. The highest BCUT2D eigenvalue weighted by atomic mass is 32.2. The molecule has 2 heterocycles. The summed E-state index contributed by atoms with van der Waals surface area (Å²) in [5, 5.41) is 0.739. The number of nitrogens with zero attached hydrogens (tertiary/aromatic N) is 2. The second-order valence-corrected chi connectivity index (χ2v) is 9.63. The van der Waals surface area contributed by atoms with Crippen LogP contribution >= 0.6 is 11.8 Å². The first-order valence-electron chi connectivity index (χ1n) is 9.88. The van der Waals surface area contributed by atoms with E-state index in [0.29, 0.717) is 5.69 Å². The normalized spacial score (nSPS) is 28.1. The summed E-state index contributed by atoms with van der Waals surface area (Å²) in [4.78, 5) is 19.4. The van der Waals surface area contributed by atoms with E-state index in [-0.39, 0.29) is 5.91 Å². The van der Waals surface area contributed by atoms with Gasteiger partial charge in [-0.2, -0.15) is 11.8 Å². The van der Waals surface area contributed by atoms with Gasteiger partial charge in [-0.3, -0.25) is 4.79 Å². The maximum atomic E-state index is 12.7. The molecular formula is C21H32N2OS. The monoisotopic (exact) mass is 360 g/mol. The lowest BCUT2D eigenvalue weighted by atomic mass is 9.83. The third kappa shape index (κ3) is 5.22. The van der Waals surface area contributed by atoms with Crippen LogP contribution in [0.5, 0.6) is 0 Å². The molecule has 1 saturated carbocycles. The standard InChI is InChI=1S/C21H32N2OS/c1-15-7-9-23(10-8-15)21(24)20-6-4-5-18(22-20)14-25-19-12-16(2)11-17(3)13-19/h4-6,15-17,19H,7-14H2,1-3H3. The Kier molecular flexibility index (Phi) is 6.43. The second kappa shape index (κ2) is 8.57. The van der Waals surface area contributed by atoms with Gasteiger partial charge in [-0.25, -0.2) is 4.98 Å². The smallest absolute Gasteiger partial charge is 0.272 e. The first-order chi connectivity index (χ1) is 12.0. The molecule has 0 spiro atoms. The van der Waals surface area contributed by atoms with Crippen molar-refractivity contribution in [1.29, 1.82) is 0 Å². The summed E-state index contributed by atoms with van der Waals surface area (Å²) in [6, 6.07) is 5.94. The molecule has 0 aromatic carbocycles. The van der Waals surface area contributed by atoms with Crippen molar-refractivity contribution in [3.63, 3.8) is 0 Å². The lowest BCUT2D eigenvalue weighted by molar-refractivity contribution is 0.0691. The average molecular weight is 361 g/mol. The Balaban J connectivity index is 1.57. The van der Waals surface area contributed by atoms with Gasteiger partial charge in [-0.1, -0.05) is 26.8 Å². The fourth-order valence-electron chi connectivity index (χ4n) is 4.27. The Bertz CT molecular complexity index is 573. The van der Waals surface area contributed by atoms with Crippen LogP contribution in [-0.2, 0) is 5.75 Å². The van der Waals surface area contributed by atoms with Gasteiger partial charge in [0.1, 0.15) is 5.69 Å². The molecule has 1 aromatic heterocycles. The van der Waals surface area contributed by atoms with Gasteiger partial charge in [0, 0.05) is 24.1 Å². The molecule has 1 aliphatic carbocycles. The van der Waals surface area contributed by atoms with Gasteiger partial charge in [-0.05, 0) is 62.0 Å². The van der Waals surface area contributed by atoms with E-state index in [1.165, 1.54) is 19.3 Å². The highest BCUT2D eigenvalue weighted by Gasteiger charge is 2.25. The third-order valence-electron chi connectivity index (χ3n) is 5.70. The van der Waals surface area contributed by atoms with Crippen LogP contribution in [0, 0.1) is 17.8 Å². The van der Waals surface area contributed by atoms with Crippen molar-refractivity contribution in [2.24, 2.45) is 17.8 Å². The van der Waals surface area contributed by atoms with Crippen LogP contribution in [0.3, 0.4) is 0 Å². The van der Waals surface area contributed by atoms with Gasteiger partial charge in [0.25, 0.3) is 5.91 Å². The number of carbonyl (C=O) groups is 1. The predicted octanol–water partition coefficient (Wildman–Crippen LogP) is 5.01. The number of amides is 1. The first kappa shape index (κ1) is 18.8. The Morgan fingerprint density at radius 3 is 2.44 bits per heavy atom. The Hall–Kier alpha value is -1.03. The number of thioether (sulfide) groups is 1.